The summed E-state index contributed by atoms with van der Waals surface area (Å²) in [5, 5.41) is 25.4. The van der Waals surface area contributed by atoms with Crippen molar-refractivity contribution in [2.24, 2.45) is 113 Å². The molecule has 10 saturated carbocycles. The van der Waals surface area contributed by atoms with Crippen molar-refractivity contribution in [2.75, 3.05) is 26.8 Å². The minimum atomic E-state index is -1.98. The van der Waals surface area contributed by atoms with Crippen LogP contribution in [0.1, 0.15) is 239 Å². The fraction of sp³-hybridized carbons (Fsp3) is 0.932. The molecule has 464 valence electrons. The lowest BCUT2D eigenvalue weighted by Gasteiger charge is -2.73. The summed E-state index contributed by atoms with van der Waals surface area (Å²) in [7, 11) is -1.77. The second kappa shape index (κ2) is 21.0. The Morgan fingerprint density at radius 3 is 1.54 bits per heavy atom. The lowest BCUT2D eigenvalue weighted by atomic mass is 9.32. The molecule has 0 radical (unpaired) electrons. The van der Waals surface area contributed by atoms with Gasteiger partial charge in [0.1, 0.15) is 6.29 Å². The van der Waals surface area contributed by atoms with Crippen LogP contribution in [0.15, 0.2) is 24.3 Å². The van der Waals surface area contributed by atoms with E-state index in [0.717, 1.165) is 63.4 Å². The maximum atomic E-state index is 12.9. The average Bonchev–Trinajstić information content (AvgIpc) is 3.90. The highest BCUT2D eigenvalue weighted by Gasteiger charge is 2.74. The summed E-state index contributed by atoms with van der Waals surface area (Å²) in [4.78, 5) is 12.9. The molecule has 10 fully saturated rings. The van der Waals surface area contributed by atoms with Crippen LogP contribution in [0.25, 0.3) is 0 Å². The quantitative estimate of drug-likeness (QED) is 0.109. The summed E-state index contributed by atoms with van der Waals surface area (Å²) in [5.41, 5.74) is 4.48. The highest BCUT2D eigenvalue weighted by atomic mass is 28.4. The van der Waals surface area contributed by atoms with Crippen LogP contribution in [0.3, 0.4) is 0 Å². The lowest BCUT2D eigenvalue weighted by Crippen LogP contribution is -2.68. The topological polar surface area (TPSA) is 88.0 Å². The van der Waals surface area contributed by atoms with E-state index in [2.05, 4.69) is 162 Å². The number of carbonyl (C=O) groups excluding carboxylic acids is 1. The van der Waals surface area contributed by atoms with Crippen molar-refractivity contribution < 1.29 is 23.9 Å². The molecule has 3 N–H and O–H groups in total. The van der Waals surface area contributed by atoms with Gasteiger partial charge in [-0.15, -0.1) is 0 Å². The number of rotatable bonds is 11. The fourth-order valence-electron chi connectivity index (χ4n) is 24.6. The summed E-state index contributed by atoms with van der Waals surface area (Å²) in [6, 6.07) is 0. The molecule has 8 heteroatoms. The van der Waals surface area contributed by atoms with Crippen molar-refractivity contribution >= 4 is 22.9 Å². The fourth-order valence-corrected chi connectivity index (χ4v) is 27.2. The molecule has 10 aliphatic rings. The molecule has 22 atom stereocenters. The number of carbonyl (C=O) groups is 1. The van der Waals surface area contributed by atoms with Gasteiger partial charge < -0.3 is 29.2 Å². The maximum Gasteiger partial charge on any atom is 0.192 e. The zero-order valence-electron chi connectivity index (χ0n) is 56.8. The molecular weight excluding hydrogens is 1030 g/mol. The van der Waals surface area contributed by atoms with E-state index in [0.29, 0.717) is 63.6 Å². The van der Waals surface area contributed by atoms with Gasteiger partial charge in [-0.25, -0.2) is 0 Å². The average molecular weight is 1160 g/mol. The highest BCUT2D eigenvalue weighted by Crippen LogP contribution is 2.80. The van der Waals surface area contributed by atoms with Gasteiger partial charge >= 0.3 is 0 Å². The zero-order valence-corrected chi connectivity index (χ0v) is 58.8. The van der Waals surface area contributed by atoms with E-state index < -0.39 is 16.6 Å². The zero-order chi connectivity index (χ0) is 60.2. The predicted molar refractivity (Wildman–Crippen MR) is 345 cm³/mol. The molecule has 10 aliphatic carbocycles. The molecule has 0 aromatic rings. The molecule has 6 nitrogen and oxygen atoms in total. The highest BCUT2D eigenvalue weighted by molar-refractivity contribution is 6.74. The number of aliphatic hydroxyl groups excluding tert-OH is 2. The first kappa shape index (κ1) is 64.8. The Morgan fingerprint density at radius 2 is 1.05 bits per heavy atom. The molecular formula is C73H129NO5Si2. The van der Waals surface area contributed by atoms with Crippen molar-refractivity contribution in [3.05, 3.63) is 24.3 Å². The Balaban J connectivity index is 0.000000205. The van der Waals surface area contributed by atoms with Gasteiger partial charge in [0.05, 0.1) is 18.8 Å². The van der Waals surface area contributed by atoms with Crippen LogP contribution in [0.4, 0.5) is 0 Å². The smallest absolute Gasteiger partial charge is 0.192 e. The minimum Gasteiger partial charge on any atom is -0.416 e. The minimum absolute atomic E-state index is 0.00708. The number of hydrogen-bond donors (Lipinski definition) is 3. The molecule has 0 aromatic carbocycles. The van der Waals surface area contributed by atoms with E-state index in [1.807, 2.05) is 0 Å². The predicted octanol–water partition coefficient (Wildman–Crippen LogP) is 18.4. The van der Waals surface area contributed by atoms with Crippen LogP contribution < -0.4 is 5.32 Å². The normalized spacial score (nSPS) is 50.4. The van der Waals surface area contributed by atoms with Crippen LogP contribution in [-0.2, 0) is 13.6 Å². The van der Waals surface area contributed by atoms with Crippen molar-refractivity contribution in [2.45, 2.75) is 288 Å². The Kier molecular flexibility index (Phi) is 16.8. The largest absolute Gasteiger partial charge is 0.416 e. The van der Waals surface area contributed by atoms with E-state index in [9.17, 15) is 15.0 Å². The second-order valence-corrected chi connectivity index (χ2v) is 46.4. The first-order valence-electron chi connectivity index (χ1n) is 34.2. The van der Waals surface area contributed by atoms with Crippen LogP contribution in [0, 0.1) is 113 Å². The molecule has 0 heterocycles. The third-order valence-electron chi connectivity index (χ3n) is 31.8. The van der Waals surface area contributed by atoms with E-state index in [1.54, 1.807) is 0 Å². The van der Waals surface area contributed by atoms with Gasteiger partial charge in [0, 0.05) is 29.4 Å². The Morgan fingerprint density at radius 1 is 0.568 bits per heavy atom. The first-order chi connectivity index (χ1) is 37.2. The summed E-state index contributed by atoms with van der Waals surface area (Å²) >= 11 is 0. The Bertz CT molecular complexity index is 2370. The van der Waals surface area contributed by atoms with Crippen LogP contribution in [0.5, 0.6) is 0 Å². The Labute approximate surface area is 501 Å². The molecule has 0 saturated heterocycles. The molecule has 0 spiro atoms. The third kappa shape index (κ3) is 9.36. The summed E-state index contributed by atoms with van der Waals surface area (Å²) in [6.45, 7) is 60.7. The van der Waals surface area contributed by atoms with Crippen molar-refractivity contribution in [3.8, 4) is 0 Å². The van der Waals surface area contributed by atoms with Gasteiger partial charge in [0.15, 0.2) is 16.6 Å². The van der Waals surface area contributed by atoms with E-state index in [1.165, 1.54) is 107 Å². The van der Waals surface area contributed by atoms with E-state index >= 15 is 0 Å². The van der Waals surface area contributed by atoms with Gasteiger partial charge in [-0.05, 0) is 283 Å². The van der Waals surface area contributed by atoms with Gasteiger partial charge in [-0.1, -0.05) is 121 Å². The molecule has 0 aromatic heterocycles. The van der Waals surface area contributed by atoms with Crippen LogP contribution >= 0.6 is 0 Å². The number of nitrogens with one attached hydrogen (secondary N) is 1. The number of fused-ring (bicyclic) bond motifs is 14. The molecule has 0 aliphatic heterocycles. The van der Waals surface area contributed by atoms with Crippen LogP contribution in [-0.4, -0.2) is 72.1 Å². The number of allylic oxidation sites excluding steroid dienone is 2. The van der Waals surface area contributed by atoms with Crippen molar-refractivity contribution in [1.29, 1.82) is 0 Å². The van der Waals surface area contributed by atoms with Gasteiger partial charge in [-0.3, -0.25) is 0 Å². The van der Waals surface area contributed by atoms with Gasteiger partial charge in [0.2, 0.25) is 0 Å². The molecule has 8 unspecified atom stereocenters. The van der Waals surface area contributed by atoms with E-state index in [4.69, 9.17) is 8.85 Å². The number of aldehydes is 1. The summed E-state index contributed by atoms with van der Waals surface area (Å²) in [5.74, 6) is 6.28. The summed E-state index contributed by atoms with van der Waals surface area (Å²) < 4.78 is 14.8. The summed E-state index contributed by atoms with van der Waals surface area (Å²) in [6.07, 6.45) is 25.9. The Hall–Kier alpha value is -0.616. The molecule has 10 rings (SSSR count). The standard InChI is InChI=1S/C42H76O3Si2.C31H53NO2/c1-29(2)30-19-24-42(27-43)26-25-40(11)31(35(30)42)17-18-33-38(9)22-21-34(45-47(15,16)37(6,7)8)39(10,32(38)20-23-41(33,40)12)28-44-46(13,14)36(3,4)5;1-20(2)21-10-15-31(18-32-7)17-16-29(5)22(26(21)31)8-9-24-27(3)13-12-25(34)28(4,19-33)23(27)11-14-30(24,29)6/h27,30-35H,1,17-26,28H2,2-16H3;21-26,32-34H,1,8-19H2,2-7H3/t30-,31?,32?,33?,34-,35?,38-,39-,40+,41+,42+;21-,22?,23?,24?,25-,26?,27-,28-,29+,30+,31+/m00/s1. The maximum absolute atomic E-state index is 12.9. The van der Waals surface area contributed by atoms with Gasteiger partial charge in [-0.2, -0.15) is 0 Å². The SMILES string of the molecule is C=C(C)[C@@H]1CC[C@]2(C=O)CC[C@]3(C)C(CCC4[C@@]5(C)CC[C@H](O[Si](C)(C)C(C)(C)C)[C@@](C)(CO[Si](C)(C)C(C)(C)C)C5CC[C@]43C)C12.C=C(C)[C@@H]1CC[C@]2(CNC)CC[C@]3(C)C(CCC4[C@@]5(C)CC[C@H](O)[C@@](C)(CO)C5CC[C@]43C)C12. The molecule has 0 amide bonds. The van der Waals surface area contributed by atoms with Gasteiger partial charge in [0.25, 0.3) is 0 Å². The third-order valence-corrected chi connectivity index (χ3v) is 40.8. The number of hydrogen-bond acceptors (Lipinski definition) is 6. The second-order valence-electron chi connectivity index (χ2n) is 36.8. The number of aliphatic hydroxyl groups is 2. The van der Waals surface area contributed by atoms with Crippen LogP contribution in [0.2, 0.25) is 36.3 Å². The lowest BCUT2D eigenvalue weighted by molar-refractivity contribution is -0.253. The van der Waals surface area contributed by atoms with Crippen molar-refractivity contribution in [1.82, 2.24) is 5.32 Å². The molecule has 81 heavy (non-hydrogen) atoms. The first-order valence-corrected chi connectivity index (χ1v) is 40.0. The monoisotopic (exact) mass is 1160 g/mol. The van der Waals surface area contributed by atoms with E-state index in [-0.39, 0.29) is 66.8 Å². The molecule has 0 bridgehead atoms. The van der Waals surface area contributed by atoms with Crippen molar-refractivity contribution in [3.63, 3.8) is 0 Å².